The fourth-order valence-electron chi connectivity index (χ4n) is 3.18. The number of aliphatic hydroxyl groups excluding tert-OH is 1. The van der Waals surface area contributed by atoms with Gasteiger partial charge in [0.05, 0.1) is 10.5 Å². The zero-order valence-electron chi connectivity index (χ0n) is 21.9. The van der Waals surface area contributed by atoms with Gasteiger partial charge in [-0.3, -0.25) is 14.1 Å². The minimum atomic E-state index is -4.80. The molecule has 4 N–H and O–H groups in total. The first-order valence-corrected chi connectivity index (χ1v) is 14.4. The maximum atomic E-state index is 12.7. The van der Waals surface area contributed by atoms with Crippen LogP contribution >= 0.6 is 11.8 Å². The number of benzene rings is 2. The second kappa shape index (κ2) is 15.1. The first kappa shape index (κ1) is 33.0. The van der Waals surface area contributed by atoms with Gasteiger partial charge >= 0.3 is 6.36 Å². The number of anilines is 2. The van der Waals surface area contributed by atoms with E-state index in [1.54, 1.807) is 42.5 Å². The van der Waals surface area contributed by atoms with Gasteiger partial charge in [-0.05, 0) is 66.2 Å². The molecule has 2 heterocycles. The molecule has 0 aliphatic rings. The number of hydrogen-bond acceptors (Lipinski definition) is 9. The van der Waals surface area contributed by atoms with Crippen molar-refractivity contribution in [2.75, 3.05) is 17.2 Å². The highest BCUT2D eigenvalue weighted by Crippen LogP contribution is 2.27. The predicted molar refractivity (Wildman–Crippen MR) is 151 cm³/mol. The summed E-state index contributed by atoms with van der Waals surface area (Å²) < 4.78 is 69.9. The van der Waals surface area contributed by atoms with Gasteiger partial charge < -0.3 is 20.5 Å². The molecule has 0 radical (unpaired) electrons. The summed E-state index contributed by atoms with van der Waals surface area (Å²) in [6.07, 6.45) is -1.77. The minimum Gasteiger partial charge on any atom is -0.406 e. The van der Waals surface area contributed by atoms with E-state index in [1.165, 1.54) is 48.4 Å². The molecular formula is C27H23F3N4O7S2. The van der Waals surface area contributed by atoms with Crippen LogP contribution in [-0.4, -0.2) is 52.8 Å². The Labute approximate surface area is 247 Å². The highest BCUT2D eigenvalue weighted by atomic mass is 32.2. The van der Waals surface area contributed by atoms with Crippen molar-refractivity contribution in [3.63, 3.8) is 0 Å². The molecule has 0 atom stereocenters. The van der Waals surface area contributed by atoms with Crippen LogP contribution in [0.4, 0.5) is 24.7 Å². The number of alkyl halides is 3. The maximum Gasteiger partial charge on any atom is 0.573 e. The number of pyridine rings is 2. The van der Waals surface area contributed by atoms with E-state index in [2.05, 4.69) is 25.3 Å². The van der Waals surface area contributed by atoms with Crippen LogP contribution in [0, 0.1) is 0 Å². The van der Waals surface area contributed by atoms with E-state index in [0.29, 0.717) is 10.8 Å². The number of carbonyl (C=O) groups excluding carboxylic acids is 2. The van der Waals surface area contributed by atoms with Crippen LogP contribution < -0.4 is 15.4 Å². The fraction of sp³-hybridized carbons (Fsp3) is 0.111. The van der Waals surface area contributed by atoms with E-state index in [9.17, 15) is 31.2 Å². The molecule has 2 amide bonds. The summed E-state index contributed by atoms with van der Waals surface area (Å²) >= 11 is 1.27. The number of halogens is 3. The molecule has 0 spiro atoms. The summed E-state index contributed by atoms with van der Waals surface area (Å²) in [7, 11) is -4.00. The van der Waals surface area contributed by atoms with Gasteiger partial charge in [0.25, 0.3) is 21.9 Å². The van der Waals surface area contributed by atoms with E-state index in [-0.39, 0.29) is 22.0 Å². The van der Waals surface area contributed by atoms with Crippen molar-refractivity contribution >= 4 is 45.2 Å². The largest absolute Gasteiger partial charge is 0.573 e. The summed E-state index contributed by atoms with van der Waals surface area (Å²) in [5.74, 6) is -0.783. The summed E-state index contributed by atoms with van der Waals surface area (Å²) in [6, 6.07) is 18.7. The monoisotopic (exact) mass is 636 g/mol. The van der Waals surface area contributed by atoms with Crippen LogP contribution in [0.25, 0.3) is 0 Å². The third-order valence-electron chi connectivity index (χ3n) is 5.01. The van der Waals surface area contributed by atoms with E-state index >= 15 is 0 Å². The lowest BCUT2D eigenvalue weighted by Gasteiger charge is -2.11. The summed E-state index contributed by atoms with van der Waals surface area (Å²) in [5, 5.41) is 14.3. The first-order valence-electron chi connectivity index (χ1n) is 12.0. The number of hydrogen-bond donors (Lipinski definition) is 4. The Morgan fingerprint density at radius 3 is 2.21 bits per heavy atom. The van der Waals surface area contributed by atoms with Crippen LogP contribution in [0.3, 0.4) is 0 Å². The Bertz CT molecular complexity index is 1640. The Morgan fingerprint density at radius 2 is 1.60 bits per heavy atom. The SMILES string of the molecule is O=C(CO)Nc1cc(CSc2ncccc2C(=O)Nc2ccc(OC(F)(F)F)cc2)ccn1.O=S(=O)(O)c1ccccc1. The van der Waals surface area contributed by atoms with Crippen molar-refractivity contribution in [3.8, 4) is 5.75 Å². The molecular weight excluding hydrogens is 613 g/mol. The number of thioether (sulfide) groups is 1. The second-order valence-corrected chi connectivity index (χ2v) is 10.6. The average Bonchev–Trinajstić information content (AvgIpc) is 2.97. The molecule has 0 unspecified atom stereocenters. The zero-order chi connectivity index (χ0) is 31.5. The van der Waals surface area contributed by atoms with Gasteiger partial charge in [0, 0.05) is 23.8 Å². The Hall–Kier alpha value is -4.51. The van der Waals surface area contributed by atoms with Crippen molar-refractivity contribution in [1.29, 1.82) is 0 Å². The van der Waals surface area contributed by atoms with Crippen LogP contribution in [0.2, 0.25) is 0 Å². The maximum absolute atomic E-state index is 12.7. The third-order valence-corrected chi connectivity index (χ3v) is 6.96. The average molecular weight is 637 g/mol. The standard InChI is InChI=1S/C21H17F3N4O4S.C6H6O3S/c22-21(23,24)32-15-5-3-14(4-6-15)27-19(31)16-2-1-8-26-20(16)33-12-13-7-9-25-17(10-13)28-18(30)11-29;7-10(8,9)6-4-2-1-3-5-6/h1-10,29H,11-12H2,(H,27,31)(H,25,28,30);1-5H,(H,7,8,9). The Morgan fingerprint density at radius 1 is 0.907 bits per heavy atom. The van der Waals surface area contributed by atoms with Crippen LogP contribution in [0.15, 0.2) is 101 Å². The zero-order valence-corrected chi connectivity index (χ0v) is 23.5. The molecule has 0 saturated carbocycles. The number of ether oxygens (including phenoxy) is 1. The topological polar surface area (TPSA) is 168 Å². The molecule has 0 saturated heterocycles. The van der Waals surface area contributed by atoms with E-state index in [4.69, 9.17) is 9.66 Å². The van der Waals surface area contributed by atoms with Crippen molar-refractivity contribution in [2.45, 2.75) is 22.0 Å². The number of amides is 2. The van der Waals surface area contributed by atoms with Crippen molar-refractivity contribution in [2.24, 2.45) is 0 Å². The highest BCUT2D eigenvalue weighted by Gasteiger charge is 2.31. The van der Waals surface area contributed by atoms with E-state index in [1.807, 2.05) is 0 Å². The third kappa shape index (κ3) is 11.4. The van der Waals surface area contributed by atoms with Crippen LogP contribution in [0.1, 0.15) is 15.9 Å². The predicted octanol–water partition coefficient (Wildman–Crippen LogP) is 4.78. The molecule has 0 aliphatic carbocycles. The minimum absolute atomic E-state index is 0.0741. The molecule has 16 heteroatoms. The molecule has 4 aromatic rings. The van der Waals surface area contributed by atoms with Crippen molar-refractivity contribution in [3.05, 3.63) is 102 Å². The van der Waals surface area contributed by atoms with Gasteiger partial charge in [0.15, 0.2) is 0 Å². The van der Waals surface area contributed by atoms with E-state index < -0.39 is 40.7 Å². The summed E-state index contributed by atoms with van der Waals surface area (Å²) in [6.45, 7) is -0.662. The number of nitrogens with zero attached hydrogens (tertiary/aromatic N) is 2. The number of aliphatic hydroxyl groups is 1. The van der Waals surface area contributed by atoms with Gasteiger partial charge in [-0.25, -0.2) is 9.97 Å². The lowest BCUT2D eigenvalue weighted by molar-refractivity contribution is -0.274. The number of rotatable bonds is 9. The highest BCUT2D eigenvalue weighted by molar-refractivity contribution is 7.98. The quantitative estimate of drug-likeness (QED) is 0.148. The summed E-state index contributed by atoms with van der Waals surface area (Å²) in [5.41, 5.74) is 1.36. The lowest BCUT2D eigenvalue weighted by atomic mass is 10.2. The molecule has 0 aliphatic heterocycles. The summed E-state index contributed by atoms with van der Waals surface area (Å²) in [4.78, 5) is 32.2. The van der Waals surface area contributed by atoms with Crippen molar-refractivity contribution in [1.82, 2.24) is 9.97 Å². The molecule has 4 rings (SSSR count). The first-order chi connectivity index (χ1) is 20.3. The molecule has 226 valence electrons. The van der Waals surface area contributed by atoms with Gasteiger partial charge in [-0.2, -0.15) is 8.42 Å². The number of nitrogens with one attached hydrogen (secondary N) is 2. The molecule has 0 bridgehead atoms. The van der Waals surface area contributed by atoms with Crippen LogP contribution in [-0.2, 0) is 20.7 Å². The van der Waals surface area contributed by atoms with Crippen molar-refractivity contribution < 1.29 is 45.6 Å². The van der Waals surface area contributed by atoms with Gasteiger partial charge in [-0.1, -0.05) is 18.2 Å². The molecule has 0 fully saturated rings. The fourth-order valence-corrected chi connectivity index (χ4v) is 4.61. The molecule has 2 aromatic heterocycles. The van der Waals surface area contributed by atoms with Crippen LogP contribution in [0.5, 0.6) is 5.75 Å². The van der Waals surface area contributed by atoms with Gasteiger partial charge in [0.2, 0.25) is 0 Å². The molecule has 2 aromatic carbocycles. The normalized spacial score (nSPS) is 11.1. The van der Waals surface area contributed by atoms with Gasteiger partial charge in [-0.15, -0.1) is 24.9 Å². The molecule has 11 nitrogen and oxygen atoms in total. The Balaban J connectivity index is 0.000000428. The van der Waals surface area contributed by atoms with E-state index in [0.717, 1.165) is 17.7 Å². The smallest absolute Gasteiger partial charge is 0.406 e. The Kier molecular flexibility index (Phi) is 11.6. The molecule has 43 heavy (non-hydrogen) atoms. The lowest BCUT2D eigenvalue weighted by Crippen LogP contribution is -2.17. The van der Waals surface area contributed by atoms with Gasteiger partial charge in [0.1, 0.15) is 23.2 Å². The number of aromatic nitrogens is 2. The number of carbonyl (C=O) groups is 2. The second-order valence-electron chi connectivity index (χ2n) is 8.21.